The van der Waals surface area contributed by atoms with Crippen molar-refractivity contribution in [3.63, 3.8) is 0 Å². The standard InChI is InChI=1S/C6H5.2C2H2.BrH.Mg/c1-2-4-6-5-3-1;2*1-2;;/h1-5H;2*1-2H;1H;/q;;;;+1/p-1. The second kappa shape index (κ2) is 16.9. The molecule has 0 N–H and O–H groups in total. The normalized spacial score (nSPS) is 5.50. The molecule has 1 aromatic rings. The Hall–Kier alpha value is -0.414. The van der Waals surface area contributed by atoms with Crippen molar-refractivity contribution >= 4 is 25.4 Å². The molecule has 0 nitrogen and oxygen atoms in total. The molecule has 0 fully saturated rings. The van der Waals surface area contributed by atoms with E-state index in [1.807, 2.05) is 39.9 Å². The Kier molecular flexibility index (Phi) is 24.8. The third kappa shape index (κ3) is 12.3. The van der Waals surface area contributed by atoms with Gasteiger partial charge in [0.1, 0.15) is 0 Å². The average Bonchev–Trinajstić information content (AvgIpc) is 2.13. The monoisotopic (exact) mass is 232 g/mol. The van der Waals surface area contributed by atoms with Gasteiger partial charge in [-0.25, -0.2) is 0 Å². The van der Waals surface area contributed by atoms with Gasteiger partial charge in [0, 0.05) is 0 Å². The van der Waals surface area contributed by atoms with Crippen LogP contribution in [0.3, 0.4) is 0 Å². The minimum atomic E-state index is 0. The van der Waals surface area contributed by atoms with Crippen molar-refractivity contribution in [2.75, 3.05) is 0 Å². The quantitative estimate of drug-likeness (QED) is 0.359. The summed E-state index contributed by atoms with van der Waals surface area (Å²) in [6.45, 7) is 0. The molecule has 1 aromatic carbocycles. The molecule has 0 saturated carbocycles. The van der Waals surface area contributed by atoms with Gasteiger partial charge in [0.2, 0.25) is 0 Å². The minimum absolute atomic E-state index is 0. The molecule has 0 aliphatic rings. The van der Waals surface area contributed by atoms with Gasteiger partial charge in [0.15, 0.2) is 0 Å². The third-order valence-corrected chi connectivity index (χ3v) is 1.31. The number of rotatable bonds is 0. The van der Waals surface area contributed by atoms with Gasteiger partial charge in [-0.05, 0) is 0 Å². The van der Waals surface area contributed by atoms with Crippen molar-refractivity contribution in [2.24, 2.45) is 0 Å². The Morgan fingerprint density at radius 2 is 1.17 bits per heavy atom. The molecule has 0 saturated heterocycles. The first-order valence-corrected chi connectivity index (χ1v) is 3.64. The molecule has 1 rings (SSSR count). The van der Waals surface area contributed by atoms with Gasteiger partial charge < -0.3 is 17.0 Å². The van der Waals surface area contributed by atoms with E-state index in [4.69, 9.17) is 0 Å². The van der Waals surface area contributed by atoms with Gasteiger partial charge in [-0.2, -0.15) is 0 Å². The van der Waals surface area contributed by atoms with Crippen molar-refractivity contribution in [2.45, 2.75) is 0 Å². The summed E-state index contributed by atoms with van der Waals surface area (Å²) in [6.07, 6.45) is 16.0. The second-order valence-corrected chi connectivity index (χ2v) is 2.30. The molecule has 0 atom stereocenters. The van der Waals surface area contributed by atoms with Crippen molar-refractivity contribution < 1.29 is 17.0 Å². The summed E-state index contributed by atoms with van der Waals surface area (Å²) in [4.78, 5) is 0. The van der Waals surface area contributed by atoms with E-state index >= 15 is 0 Å². The summed E-state index contributed by atoms with van der Waals surface area (Å²) in [5.74, 6) is 0. The average molecular weight is 233 g/mol. The zero-order chi connectivity index (χ0) is 9.11. The first kappa shape index (κ1) is 17.6. The molecule has 0 aliphatic carbocycles. The molecule has 0 spiro atoms. The number of hydrogen-bond donors (Lipinski definition) is 0. The van der Waals surface area contributed by atoms with Crippen LogP contribution in [-0.2, 0) is 0 Å². The fourth-order valence-corrected chi connectivity index (χ4v) is 0.750. The maximum absolute atomic E-state index is 4.00. The molecule has 12 heavy (non-hydrogen) atoms. The van der Waals surface area contributed by atoms with E-state index in [1.165, 1.54) is 3.69 Å². The topological polar surface area (TPSA) is 0 Å². The summed E-state index contributed by atoms with van der Waals surface area (Å²) in [7, 11) is 0. The van der Waals surface area contributed by atoms with Gasteiger partial charge >= 0.3 is 55.7 Å². The summed E-state index contributed by atoms with van der Waals surface area (Å²) in [5, 5.41) is 0. The van der Waals surface area contributed by atoms with E-state index < -0.39 is 0 Å². The van der Waals surface area contributed by atoms with Crippen LogP contribution in [0.1, 0.15) is 0 Å². The van der Waals surface area contributed by atoms with Crippen LogP contribution >= 0.6 is 0 Å². The van der Waals surface area contributed by atoms with Gasteiger partial charge in [0.25, 0.3) is 0 Å². The zero-order valence-electron chi connectivity index (χ0n) is 6.78. The van der Waals surface area contributed by atoms with Crippen molar-refractivity contribution in [1.29, 1.82) is 0 Å². The van der Waals surface area contributed by atoms with Crippen LogP contribution in [0.15, 0.2) is 30.3 Å². The SMILES string of the molecule is C#C.C#C.[Br-].[Mg+][c]1ccccc1. The molecule has 58 valence electrons. The Bertz CT molecular complexity index is 195. The predicted octanol–water partition coefficient (Wildman–Crippen LogP) is -2.02. The molecule has 0 heterocycles. The molecule has 0 aliphatic heterocycles. The van der Waals surface area contributed by atoms with E-state index in [9.17, 15) is 0 Å². The molecular weight excluding hydrogens is 224 g/mol. The van der Waals surface area contributed by atoms with Crippen LogP contribution in [-0.4, -0.2) is 21.7 Å². The van der Waals surface area contributed by atoms with Crippen molar-refractivity contribution in [1.82, 2.24) is 0 Å². The van der Waals surface area contributed by atoms with Crippen LogP contribution < -0.4 is 20.7 Å². The van der Waals surface area contributed by atoms with Crippen LogP contribution in [0.5, 0.6) is 0 Å². The molecular formula is C10H9BrMg. The molecule has 0 amide bonds. The van der Waals surface area contributed by atoms with E-state index in [0.717, 1.165) is 0 Å². The molecule has 0 radical (unpaired) electrons. The Morgan fingerprint density at radius 1 is 0.833 bits per heavy atom. The van der Waals surface area contributed by atoms with Crippen molar-refractivity contribution in [3.05, 3.63) is 30.3 Å². The van der Waals surface area contributed by atoms with E-state index in [1.54, 1.807) is 0 Å². The van der Waals surface area contributed by atoms with Crippen LogP contribution in [0.2, 0.25) is 0 Å². The number of benzene rings is 1. The first-order valence-electron chi connectivity index (χ1n) is 2.93. The van der Waals surface area contributed by atoms with Crippen LogP contribution in [0.4, 0.5) is 0 Å². The van der Waals surface area contributed by atoms with E-state index in [0.29, 0.717) is 0 Å². The predicted molar refractivity (Wildman–Crippen MR) is 51.6 cm³/mol. The van der Waals surface area contributed by atoms with Crippen LogP contribution in [0, 0.1) is 25.7 Å². The molecule has 0 bridgehead atoms. The van der Waals surface area contributed by atoms with Gasteiger partial charge in [-0.15, -0.1) is 25.7 Å². The Labute approximate surface area is 98.0 Å². The summed E-state index contributed by atoms with van der Waals surface area (Å²) >= 11 is 1.90. The number of hydrogen-bond acceptors (Lipinski definition) is 0. The summed E-state index contributed by atoms with van der Waals surface area (Å²) < 4.78 is 1.35. The Morgan fingerprint density at radius 3 is 1.33 bits per heavy atom. The molecule has 2 heteroatoms. The van der Waals surface area contributed by atoms with Crippen LogP contribution in [0.25, 0.3) is 0 Å². The van der Waals surface area contributed by atoms with E-state index in [-0.39, 0.29) is 17.0 Å². The summed E-state index contributed by atoms with van der Waals surface area (Å²) in [6, 6.07) is 10.3. The van der Waals surface area contributed by atoms with Gasteiger partial charge in [-0.1, -0.05) is 0 Å². The Balaban J connectivity index is -0.000000144. The van der Waals surface area contributed by atoms with Gasteiger partial charge in [-0.3, -0.25) is 0 Å². The fraction of sp³-hybridized carbons (Fsp3) is 0. The zero-order valence-corrected chi connectivity index (χ0v) is 9.78. The second-order valence-electron chi connectivity index (χ2n) is 1.49. The maximum atomic E-state index is 4.00. The fourth-order valence-electron chi connectivity index (χ4n) is 0.478. The van der Waals surface area contributed by atoms with E-state index in [2.05, 4.69) is 37.8 Å². The van der Waals surface area contributed by atoms with Crippen molar-refractivity contribution in [3.8, 4) is 25.7 Å². The summed E-state index contributed by atoms with van der Waals surface area (Å²) in [5.41, 5.74) is 0. The number of terminal acetylenes is 2. The third-order valence-electron chi connectivity index (χ3n) is 0.843. The molecule has 0 unspecified atom stereocenters. The first-order chi connectivity index (χ1) is 5.39. The molecule has 0 aromatic heterocycles. The number of halogens is 1. The van der Waals surface area contributed by atoms with Gasteiger partial charge in [0.05, 0.1) is 0 Å².